The molecule has 2 aromatic rings. The second-order valence-electron chi connectivity index (χ2n) is 5.25. The van der Waals surface area contributed by atoms with Crippen molar-refractivity contribution in [2.45, 2.75) is 48.8 Å². The van der Waals surface area contributed by atoms with Crippen molar-refractivity contribution in [3.05, 3.63) is 11.3 Å². The Hall–Kier alpha value is -1.90. The monoisotopic (exact) mass is 306 g/mol. The summed E-state index contributed by atoms with van der Waals surface area (Å²) in [5.74, 6) is 0.0167. The molecule has 3 rings (SSSR count). The maximum atomic E-state index is 7.73. The molecule has 1 aliphatic rings. The van der Waals surface area contributed by atoms with Crippen molar-refractivity contribution in [3.63, 3.8) is 0 Å². The molecule has 21 heavy (non-hydrogen) atoms. The lowest BCUT2D eigenvalue weighted by Crippen LogP contribution is -2.13. The van der Waals surface area contributed by atoms with Gasteiger partial charge in [0, 0.05) is 7.05 Å². The van der Waals surface area contributed by atoms with E-state index >= 15 is 0 Å². The van der Waals surface area contributed by atoms with E-state index in [1.807, 2.05) is 18.7 Å². The van der Waals surface area contributed by atoms with Crippen LogP contribution in [0.15, 0.2) is 10.2 Å². The first-order valence-corrected chi connectivity index (χ1v) is 7.73. The third-order valence-corrected chi connectivity index (χ3v) is 4.87. The third-order valence-electron chi connectivity index (χ3n) is 3.76. The Morgan fingerprint density at radius 3 is 2.76 bits per heavy atom. The minimum absolute atomic E-state index is 0.0167. The highest BCUT2D eigenvalue weighted by atomic mass is 32.2. The molecule has 112 valence electrons. The van der Waals surface area contributed by atoms with Gasteiger partial charge in [-0.3, -0.25) is 10.1 Å². The van der Waals surface area contributed by atoms with E-state index < -0.39 is 0 Å². The van der Waals surface area contributed by atoms with Crippen LogP contribution in [0.5, 0.6) is 0 Å². The summed E-state index contributed by atoms with van der Waals surface area (Å²) in [5, 5.41) is 25.6. The number of hydrogen-bond donors (Lipinski definition) is 2. The molecule has 0 bridgehead atoms. The topological polar surface area (TPSA) is 111 Å². The molecule has 0 spiro atoms. The van der Waals surface area contributed by atoms with Gasteiger partial charge in [-0.1, -0.05) is 12.8 Å². The van der Waals surface area contributed by atoms with Gasteiger partial charge < -0.3 is 5.73 Å². The predicted molar refractivity (Wildman–Crippen MR) is 78.4 cm³/mol. The van der Waals surface area contributed by atoms with Gasteiger partial charge in [-0.15, -0.1) is 5.10 Å². The average molecular weight is 306 g/mol. The lowest BCUT2D eigenvalue weighted by atomic mass is 10.2. The van der Waals surface area contributed by atoms with Crippen LogP contribution in [0.4, 0.5) is 0 Å². The second kappa shape index (κ2) is 5.47. The molecule has 2 aromatic heterocycles. The van der Waals surface area contributed by atoms with Gasteiger partial charge in [0.1, 0.15) is 10.9 Å². The predicted octanol–water partition coefficient (Wildman–Crippen LogP) is 1.27. The Morgan fingerprint density at radius 2 is 2.10 bits per heavy atom. The highest BCUT2D eigenvalue weighted by Crippen LogP contribution is 2.35. The van der Waals surface area contributed by atoms with Crippen LogP contribution < -0.4 is 5.73 Å². The number of nitrogens with one attached hydrogen (secondary N) is 1. The molecule has 1 aliphatic carbocycles. The Morgan fingerprint density at radius 1 is 1.38 bits per heavy atom. The summed E-state index contributed by atoms with van der Waals surface area (Å²) < 4.78 is 3.62. The van der Waals surface area contributed by atoms with Crippen molar-refractivity contribution in [1.29, 1.82) is 5.41 Å². The van der Waals surface area contributed by atoms with Crippen molar-refractivity contribution < 1.29 is 0 Å². The average Bonchev–Trinajstić information content (AvgIpc) is 3.11. The fourth-order valence-corrected chi connectivity index (χ4v) is 3.84. The van der Waals surface area contributed by atoms with E-state index in [4.69, 9.17) is 11.1 Å². The highest BCUT2D eigenvalue weighted by molar-refractivity contribution is 7.99. The molecule has 2 heterocycles. The smallest absolute Gasteiger partial charge is 0.215 e. The van der Waals surface area contributed by atoms with Gasteiger partial charge in [0.2, 0.25) is 5.16 Å². The van der Waals surface area contributed by atoms with E-state index in [-0.39, 0.29) is 5.84 Å². The first-order valence-electron chi connectivity index (χ1n) is 6.91. The van der Waals surface area contributed by atoms with Crippen LogP contribution in [-0.4, -0.2) is 35.8 Å². The number of nitrogens with zero attached hydrogens (tertiary/aromatic N) is 6. The molecule has 1 fully saturated rings. The van der Waals surface area contributed by atoms with Crippen LogP contribution in [0, 0.1) is 12.3 Å². The standard InChI is InChI=1S/C12H18N8S/c1-7-9(10(13)14)11(19(2)16-7)21-12-15-17-18-20(12)8-5-3-4-6-8/h8H,3-6H2,1-2H3,(H3,13,14). The molecule has 0 radical (unpaired) electrons. The quantitative estimate of drug-likeness (QED) is 0.650. The molecule has 0 unspecified atom stereocenters. The number of aromatic nitrogens is 6. The van der Waals surface area contributed by atoms with Crippen LogP contribution >= 0.6 is 11.8 Å². The summed E-state index contributed by atoms with van der Waals surface area (Å²) in [7, 11) is 1.84. The molecule has 0 aliphatic heterocycles. The molecular formula is C12H18N8S. The normalized spacial score (nSPS) is 15.7. The minimum atomic E-state index is 0.0167. The molecule has 0 aromatic carbocycles. The number of aryl methyl sites for hydroxylation is 2. The largest absolute Gasteiger partial charge is 0.384 e. The van der Waals surface area contributed by atoms with Crippen LogP contribution in [0.25, 0.3) is 0 Å². The SMILES string of the molecule is Cc1nn(C)c(Sc2nnnn2C2CCCC2)c1C(=N)N. The van der Waals surface area contributed by atoms with E-state index in [1.54, 1.807) is 4.68 Å². The van der Waals surface area contributed by atoms with Gasteiger partial charge in [-0.25, -0.2) is 4.68 Å². The van der Waals surface area contributed by atoms with Gasteiger partial charge >= 0.3 is 0 Å². The second-order valence-corrected chi connectivity index (χ2v) is 6.21. The Bertz CT molecular complexity index is 667. The van der Waals surface area contributed by atoms with Crippen molar-refractivity contribution >= 4 is 17.6 Å². The fraction of sp³-hybridized carbons (Fsp3) is 0.583. The van der Waals surface area contributed by atoms with Gasteiger partial charge in [0.15, 0.2) is 0 Å². The lowest BCUT2D eigenvalue weighted by Gasteiger charge is -2.11. The van der Waals surface area contributed by atoms with Crippen LogP contribution in [0.3, 0.4) is 0 Å². The molecule has 0 atom stereocenters. The lowest BCUT2D eigenvalue weighted by molar-refractivity contribution is 0.422. The van der Waals surface area contributed by atoms with Gasteiger partial charge in [-0.2, -0.15) is 5.10 Å². The van der Waals surface area contributed by atoms with Crippen molar-refractivity contribution in [3.8, 4) is 0 Å². The number of nitrogen functional groups attached to an aromatic ring is 1. The zero-order valence-electron chi connectivity index (χ0n) is 12.1. The molecule has 0 saturated heterocycles. The van der Waals surface area contributed by atoms with Crippen molar-refractivity contribution in [2.24, 2.45) is 12.8 Å². The number of nitrogens with two attached hydrogens (primary N) is 1. The number of rotatable bonds is 4. The summed E-state index contributed by atoms with van der Waals surface area (Å²) in [4.78, 5) is 0. The molecule has 9 heteroatoms. The maximum absolute atomic E-state index is 7.73. The van der Waals surface area contributed by atoms with E-state index in [0.29, 0.717) is 11.6 Å². The fourth-order valence-electron chi connectivity index (χ4n) is 2.78. The summed E-state index contributed by atoms with van der Waals surface area (Å²) >= 11 is 1.42. The van der Waals surface area contributed by atoms with Crippen molar-refractivity contribution in [2.75, 3.05) is 0 Å². The Balaban J connectivity index is 1.94. The summed E-state index contributed by atoms with van der Waals surface area (Å²) in [6.07, 6.45) is 4.67. The highest BCUT2D eigenvalue weighted by Gasteiger charge is 2.24. The van der Waals surface area contributed by atoms with E-state index in [0.717, 1.165) is 28.7 Å². The first kappa shape index (κ1) is 14.1. The van der Waals surface area contributed by atoms with Crippen LogP contribution in [-0.2, 0) is 7.05 Å². The van der Waals surface area contributed by atoms with Gasteiger partial charge in [0.25, 0.3) is 0 Å². The molecular weight excluding hydrogens is 288 g/mol. The minimum Gasteiger partial charge on any atom is -0.384 e. The van der Waals surface area contributed by atoms with E-state index in [1.165, 1.54) is 24.6 Å². The van der Waals surface area contributed by atoms with Crippen LogP contribution in [0.1, 0.15) is 43.0 Å². The van der Waals surface area contributed by atoms with Crippen LogP contribution in [0.2, 0.25) is 0 Å². The number of hydrogen-bond acceptors (Lipinski definition) is 6. The zero-order chi connectivity index (χ0) is 15.0. The zero-order valence-corrected chi connectivity index (χ0v) is 12.9. The Labute approximate surface area is 126 Å². The van der Waals surface area contributed by atoms with Crippen molar-refractivity contribution in [1.82, 2.24) is 30.0 Å². The molecule has 8 nitrogen and oxygen atoms in total. The number of amidine groups is 1. The summed E-state index contributed by atoms with van der Waals surface area (Å²) in [6.45, 7) is 1.85. The number of tetrazole rings is 1. The molecule has 1 saturated carbocycles. The van der Waals surface area contributed by atoms with E-state index in [9.17, 15) is 0 Å². The van der Waals surface area contributed by atoms with E-state index in [2.05, 4.69) is 20.6 Å². The summed E-state index contributed by atoms with van der Waals surface area (Å²) in [5.41, 5.74) is 7.08. The van der Waals surface area contributed by atoms with Gasteiger partial charge in [0.05, 0.1) is 17.3 Å². The Kier molecular flexibility index (Phi) is 3.66. The summed E-state index contributed by atoms with van der Waals surface area (Å²) in [6, 6.07) is 0.373. The molecule has 3 N–H and O–H groups in total. The third kappa shape index (κ3) is 2.53. The maximum Gasteiger partial charge on any atom is 0.215 e. The first-order chi connectivity index (χ1) is 10.1. The van der Waals surface area contributed by atoms with Gasteiger partial charge in [-0.05, 0) is 42.0 Å². The molecule has 0 amide bonds.